The number of rotatable bonds is 4. The zero-order chi connectivity index (χ0) is 14.5. The van der Waals surface area contributed by atoms with Crippen LogP contribution in [0, 0.1) is 0 Å². The minimum atomic E-state index is -0.127. The maximum atomic E-state index is 12.2. The summed E-state index contributed by atoms with van der Waals surface area (Å²) in [7, 11) is 0. The Balaban J connectivity index is 1.65. The van der Waals surface area contributed by atoms with Gasteiger partial charge in [-0.2, -0.15) is 0 Å². The summed E-state index contributed by atoms with van der Waals surface area (Å²) in [6, 6.07) is 8.04. The molecule has 1 aliphatic heterocycles. The predicted molar refractivity (Wildman–Crippen MR) is 86.0 cm³/mol. The van der Waals surface area contributed by atoms with E-state index in [2.05, 4.69) is 22.8 Å². The fraction of sp³-hybridized carbons (Fsp3) is 0.400. The third-order valence-electron chi connectivity index (χ3n) is 3.43. The highest BCUT2D eigenvalue weighted by Crippen LogP contribution is 2.29. The van der Waals surface area contributed by atoms with Crippen LogP contribution >= 0.6 is 22.7 Å². The molecule has 0 bridgehead atoms. The minimum absolute atomic E-state index is 0.0745. The Hall–Kier alpha value is -1.37. The Morgan fingerprint density at radius 3 is 2.48 bits per heavy atom. The summed E-state index contributed by atoms with van der Waals surface area (Å²) >= 11 is 3.31. The molecule has 0 aliphatic carbocycles. The topological polar surface area (TPSA) is 50.4 Å². The number of hydrogen-bond acceptors (Lipinski definition) is 4. The van der Waals surface area contributed by atoms with Crippen molar-refractivity contribution < 1.29 is 9.53 Å². The normalized spacial score (nSPS) is 18.6. The molecule has 1 fully saturated rings. The summed E-state index contributed by atoms with van der Waals surface area (Å²) in [6.45, 7) is 1.41. The van der Waals surface area contributed by atoms with Crippen molar-refractivity contribution in [3.05, 3.63) is 44.8 Å². The molecule has 4 nitrogen and oxygen atoms in total. The molecule has 2 N–H and O–H groups in total. The molecule has 0 saturated carbocycles. The van der Waals surface area contributed by atoms with E-state index < -0.39 is 0 Å². The lowest BCUT2D eigenvalue weighted by Crippen LogP contribution is -2.46. The molecule has 1 atom stereocenters. The van der Waals surface area contributed by atoms with Gasteiger partial charge in [0.15, 0.2) is 0 Å². The average molecular weight is 322 g/mol. The van der Waals surface area contributed by atoms with Crippen LogP contribution in [0.2, 0.25) is 0 Å². The van der Waals surface area contributed by atoms with Crippen LogP contribution in [0.5, 0.6) is 0 Å². The molecule has 0 unspecified atom stereocenters. The van der Waals surface area contributed by atoms with Crippen molar-refractivity contribution in [2.24, 2.45) is 0 Å². The van der Waals surface area contributed by atoms with E-state index >= 15 is 0 Å². The molecule has 3 rings (SSSR count). The molecule has 2 amide bonds. The maximum Gasteiger partial charge on any atom is 0.315 e. The second-order valence-corrected chi connectivity index (χ2v) is 6.95. The van der Waals surface area contributed by atoms with E-state index in [0.717, 1.165) is 29.2 Å². The van der Waals surface area contributed by atoms with Gasteiger partial charge in [-0.1, -0.05) is 12.1 Å². The lowest BCUT2D eigenvalue weighted by Gasteiger charge is -2.24. The van der Waals surface area contributed by atoms with E-state index in [1.807, 2.05) is 22.9 Å². The smallest absolute Gasteiger partial charge is 0.315 e. The van der Waals surface area contributed by atoms with Crippen molar-refractivity contribution in [3.8, 4) is 0 Å². The molecular weight excluding hydrogens is 304 g/mol. The molecule has 6 heteroatoms. The van der Waals surface area contributed by atoms with Crippen molar-refractivity contribution in [1.29, 1.82) is 0 Å². The molecule has 0 aromatic carbocycles. The Morgan fingerprint density at radius 1 is 1.24 bits per heavy atom. The molecule has 2 aromatic rings. The van der Waals surface area contributed by atoms with Gasteiger partial charge in [0.2, 0.25) is 0 Å². The van der Waals surface area contributed by atoms with E-state index in [9.17, 15) is 4.79 Å². The highest BCUT2D eigenvalue weighted by Gasteiger charge is 2.21. The first kappa shape index (κ1) is 14.6. The zero-order valence-corrected chi connectivity index (χ0v) is 13.2. The molecule has 0 radical (unpaired) electrons. The van der Waals surface area contributed by atoms with Gasteiger partial charge in [-0.05, 0) is 35.7 Å². The zero-order valence-electron chi connectivity index (χ0n) is 11.6. The van der Waals surface area contributed by atoms with Crippen molar-refractivity contribution in [1.82, 2.24) is 10.6 Å². The molecule has 1 aliphatic rings. The third kappa shape index (κ3) is 3.84. The van der Waals surface area contributed by atoms with Crippen molar-refractivity contribution in [3.63, 3.8) is 0 Å². The summed E-state index contributed by atoms with van der Waals surface area (Å²) < 4.78 is 5.39. The Labute approximate surface area is 132 Å². The summed E-state index contributed by atoms with van der Waals surface area (Å²) in [6.07, 6.45) is 1.99. The van der Waals surface area contributed by atoms with E-state index in [4.69, 9.17) is 4.74 Å². The quantitative estimate of drug-likeness (QED) is 0.906. The Morgan fingerprint density at radius 2 is 1.95 bits per heavy atom. The monoisotopic (exact) mass is 322 g/mol. The van der Waals surface area contributed by atoms with Crippen LogP contribution in [-0.2, 0) is 4.74 Å². The van der Waals surface area contributed by atoms with Crippen LogP contribution in [0.3, 0.4) is 0 Å². The van der Waals surface area contributed by atoms with Gasteiger partial charge >= 0.3 is 6.03 Å². The molecule has 21 heavy (non-hydrogen) atoms. The van der Waals surface area contributed by atoms with Crippen molar-refractivity contribution in [2.45, 2.75) is 24.9 Å². The number of thiophene rings is 2. The largest absolute Gasteiger partial charge is 0.379 e. The summed E-state index contributed by atoms with van der Waals surface area (Å²) in [5, 5.41) is 10.2. The van der Waals surface area contributed by atoms with Gasteiger partial charge in [0, 0.05) is 16.4 Å². The molecular formula is C15H18N2O2S2. The van der Waals surface area contributed by atoms with Gasteiger partial charge in [-0.3, -0.25) is 0 Å². The number of hydrogen-bond donors (Lipinski definition) is 2. The number of carbonyl (C=O) groups is 1. The minimum Gasteiger partial charge on any atom is -0.379 e. The van der Waals surface area contributed by atoms with E-state index in [-0.39, 0.29) is 18.1 Å². The molecule has 112 valence electrons. The highest BCUT2D eigenvalue weighted by molar-refractivity contribution is 7.11. The second-order valence-electron chi connectivity index (χ2n) is 5.00. The molecule has 0 spiro atoms. The SMILES string of the molecule is O=C(NC(c1cccs1)c1cccs1)N[C@@H]1CCCOC1. The predicted octanol–water partition coefficient (Wildman–Crippen LogP) is 3.38. The highest BCUT2D eigenvalue weighted by atomic mass is 32.1. The Bertz CT molecular complexity index is 514. The number of amides is 2. The Kier molecular flexibility index (Phi) is 4.90. The van der Waals surface area contributed by atoms with E-state index in [1.165, 1.54) is 0 Å². The summed E-state index contributed by atoms with van der Waals surface area (Å²) in [5.41, 5.74) is 0. The van der Waals surface area contributed by atoms with E-state index in [0.29, 0.717) is 6.61 Å². The lowest BCUT2D eigenvalue weighted by atomic mass is 10.1. The lowest BCUT2D eigenvalue weighted by molar-refractivity contribution is 0.0731. The summed E-state index contributed by atoms with van der Waals surface area (Å²) in [5.74, 6) is 0. The van der Waals surface area contributed by atoms with Gasteiger partial charge in [0.05, 0.1) is 18.7 Å². The van der Waals surface area contributed by atoms with Gasteiger partial charge < -0.3 is 15.4 Å². The molecule has 1 saturated heterocycles. The first-order chi connectivity index (χ1) is 10.3. The summed E-state index contributed by atoms with van der Waals surface area (Å²) in [4.78, 5) is 14.5. The van der Waals surface area contributed by atoms with Crippen molar-refractivity contribution >= 4 is 28.7 Å². The fourth-order valence-electron chi connectivity index (χ4n) is 2.41. The van der Waals surface area contributed by atoms with Crippen LogP contribution in [0.25, 0.3) is 0 Å². The van der Waals surface area contributed by atoms with Crippen LogP contribution in [0.15, 0.2) is 35.0 Å². The first-order valence-electron chi connectivity index (χ1n) is 7.04. The van der Waals surface area contributed by atoms with Crippen molar-refractivity contribution in [2.75, 3.05) is 13.2 Å². The molecule has 3 heterocycles. The third-order valence-corrected chi connectivity index (χ3v) is 5.30. The fourth-order valence-corrected chi connectivity index (χ4v) is 4.07. The standard InChI is InChI=1S/C15H18N2O2S2/c18-15(16-11-4-1-7-19-10-11)17-14(12-5-2-8-20-12)13-6-3-9-21-13/h2-3,5-6,8-9,11,14H,1,4,7,10H2,(H2,16,17,18)/t11-/m1/s1. The first-order valence-corrected chi connectivity index (χ1v) is 8.80. The second kappa shape index (κ2) is 7.06. The van der Waals surface area contributed by atoms with Crippen LogP contribution in [-0.4, -0.2) is 25.3 Å². The van der Waals surface area contributed by atoms with E-state index in [1.54, 1.807) is 22.7 Å². The number of urea groups is 1. The van der Waals surface area contributed by atoms with Gasteiger partial charge in [0.1, 0.15) is 0 Å². The van der Waals surface area contributed by atoms with Gasteiger partial charge in [-0.15, -0.1) is 22.7 Å². The van der Waals surface area contributed by atoms with Crippen LogP contribution in [0.4, 0.5) is 4.79 Å². The van der Waals surface area contributed by atoms with Gasteiger partial charge in [0.25, 0.3) is 0 Å². The number of carbonyl (C=O) groups excluding carboxylic acids is 1. The number of ether oxygens (including phenoxy) is 1. The average Bonchev–Trinajstić information content (AvgIpc) is 3.19. The van der Waals surface area contributed by atoms with Gasteiger partial charge in [-0.25, -0.2) is 4.79 Å². The van der Waals surface area contributed by atoms with Crippen LogP contribution in [0.1, 0.15) is 28.6 Å². The maximum absolute atomic E-state index is 12.2. The van der Waals surface area contributed by atoms with Crippen LogP contribution < -0.4 is 10.6 Å². The molecule has 2 aromatic heterocycles. The number of nitrogens with one attached hydrogen (secondary N) is 2.